The molecule has 0 spiro atoms. The van der Waals surface area contributed by atoms with Crippen LogP contribution in [0.5, 0.6) is 5.75 Å². The summed E-state index contributed by atoms with van der Waals surface area (Å²) in [6.45, 7) is 0. The van der Waals surface area contributed by atoms with E-state index in [1.54, 1.807) is 36.6 Å². The first-order chi connectivity index (χ1) is 11.7. The maximum absolute atomic E-state index is 12.0. The average molecular weight is 361 g/mol. The van der Waals surface area contributed by atoms with E-state index in [-0.39, 0.29) is 5.91 Å². The Kier molecular flexibility index (Phi) is 5.33. The Labute approximate surface area is 149 Å². The van der Waals surface area contributed by atoms with Crippen LogP contribution in [-0.4, -0.2) is 18.0 Å². The molecule has 0 aliphatic heterocycles. The van der Waals surface area contributed by atoms with Crippen molar-refractivity contribution in [1.29, 1.82) is 0 Å². The highest BCUT2D eigenvalue weighted by Crippen LogP contribution is 2.27. The Hall–Kier alpha value is -2.11. The Morgan fingerprint density at radius 2 is 2.12 bits per heavy atom. The number of rotatable bonds is 6. The Morgan fingerprint density at radius 3 is 2.88 bits per heavy atom. The summed E-state index contributed by atoms with van der Waals surface area (Å²) in [5.41, 5.74) is 1.70. The molecule has 0 bridgehead atoms. The van der Waals surface area contributed by atoms with Crippen LogP contribution < -0.4 is 10.1 Å². The van der Waals surface area contributed by atoms with Gasteiger partial charge in [0.15, 0.2) is 0 Å². The van der Waals surface area contributed by atoms with Gasteiger partial charge in [-0.1, -0.05) is 23.7 Å². The number of halogens is 1. The maximum Gasteiger partial charge on any atom is 0.224 e. The fourth-order valence-electron chi connectivity index (χ4n) is 2.39. The van der Waals surface area contributed by atoms with Crippen LogP contribution in [-0.2, 0) is 11.2 Å². The molecule has 0 unspecified atom stereocenters. The molecule has 0 aliphatic carbocycles. The van der Waals surface area contributed by atoms with Crippen LogP contribution in [0.15, 0.2) is 42.5 Å². The number of methoxy groups -OCH3 is 1. The summed E-state index contributed by atoms with van der Waals surface area (Å²) in [4.78, 5) is 16.6. The number of carbonyl (C=O) groups excluding carboxylic acids is 1. The van der Waals surface area contributed by atoms with Gasteiger partial charge in [0.1, 0.15) is 5.75 Å². The number of nitrogens with zero attached hydrogens (tertiary/aromatic N) is 1. The third kappa shape index (κ3) is 4.04. The van der Waals surface area contributed by atoms with Gasteiger partial charge in [-0.05, 0) is 43.2 Å². The zero-order chi connectivity index (χ0) is 16.9. The zero-order valence-electron chi connectivity index (χ0n) is 13.2. The molecular formula is C18H17ClN2O2S. The van der Waals surface area contributed by atoms with E-state index in [1.807, 2.05) is 18.2 Å². The van der Waals surface area contributed by atoms with Gasteiger partial charge >= 0.3 is 0 Å². The van der Waals surface area contributed by atoms with Crippen molar-refractivity contribution in [2.24, 2.45) is 0 Å². The SMILES string of the molecule is COc1ccc(NC(=O)CCCc2nc3ccccc3s2)cc1Cl. The van der Waals surface area contributed by atoms with Crippen molar-refractivity contribution in [3.63, 3.8) is 0 Å². The van der Waals surface area contributed by atoms with Crippen LogP contribution in [0.4, 0.5) is 5.69 Å². The molecule has 1 amide bonds. The third-order valence-corrected chi connectivity index (χ3v) is 4.96. The molecule has 0 saturated carbocycles. The van der Waals surface area contributed by atoms with Gasteiger partial charge in [0.05, 0.1) is 27.4 Å². The standard InChI is InChI=1S/C18H17ClN2O2S/c1-23-15-10-9-12(11-13(15)19)20-17(22)7-4-8-18-21-14-5-2-3-6-16(14)24-18/h2-3,5-6,9-11H,4,7-8H2,1H3,(H,20,22). The molecule has 1 N–H and O–H groups in total. The molecule has 24 heavy (non-hydrogen) atoms. The molecule has 6 heteroatoms. The number of anilines is 1. The van der Waals surface area contributed by atoms with Gasteiger partial charge in [-0.2, -0.15) is 0 Å². The van der Waals surface area contributed by atoms with Crippen LogP contribution in [0.25, 0.3) is 10.2 Å². The van der Waals surface area contributed by atoms with E-state index in [0.29, 0.717) is 22.9 Å². The van der Waals surface area contributed by atoms with Gasteiger partial charge in [0.25, 0.3) is 0 Å². The van der Waals surface area contributed by atoms with Crippen molar-refractivity contribution < 1.29 is 9.53 Å². The summed E-state index contributed by atoms with van der Waals surface area (Å²) in [5, 5.41) is 4.39. The topological polar surface area (TPSA) is 51.2 Å². The molecule has 0 radical (unpaired) electrons. The van der Waals surface area contributed by atoms with Crippen molar-refractivity contribution in [2.75, 3.05) is 12.4 Å². The van der Waals surface area contributed by atoms with Gasteiger partial charge in [-0.3, -0.25) is 4.79 Å². The van der Waals surface area contributed by atoms with Crippen molar-refractivity contribution >= 4 is 44.7 Å². The molecule has 0 atom stereocenters. The summed E-state index contributed by atoms with van der Waals surface area (Å²) in [6.07, 6.45) is 2.01. The Bertz CT molecular complexity index is 830. The number of nitrogens with one attached hydrogen (secondary N) is 1. The number of amides is 1. The normalized spacial score (nSPS) is 10.8. The first-order valence-corrected chi connectivity index (χ1v) is 8.83. The highest BCUT2D eigenvalue weighted by atomic mass is 35.5. The number of hydrogen-bond acceptors (Lipinski definition) is 4. The quantitative estimate of drug-likeness (QED) is 0.678. The Morgan fingerprint density at radius 1 is 1.29 bits per heavy atom. The minimum Gasteiger partial charge on any atom is -0.495 e. The van der Waals surface area contributed by atoms with Crippen LogP contribution in [0.1, 0.15) is 17.8 Å². The molecule has 0 fully saturated rings. The molecule has 0 saturated heterocycles. The lowest BCUT2D eigenvalue weighted by Crippen LogP contribution is -2.11. The summed E-state index contributed by atoms with van der Waals surface area (Å²) < 4.78 is 6.28. The number of benzene rings is 2. The summed E-state index contributed by atoms with van der Waals surface area (Å²) >= 11 is 7.74. The predicted molar refractivity (Wildman–Crippen MR) is 99.2 cm³/mol. The number of carbonyl (C=O) groups is 1. The molecule has 3 aromatic rings. The number of ether oxygens (including phenoxy) is 1. The van der Waals surface area contributed by atoms with Gasteiger partial charge in [-0.15, -0.1) is 11.3 Å². The van der Waals surface area contributed by atoms with Crippen molar-refractivity contribution in [3.8, 4) is 5.75 Å². The number of thiazole rings is 1. The van der Waals surface area contributed by atoms with E-state index in [2.05, 4.69) is 16.4 Å². The predicted octanol–water partition coefficient (Wildman–Crippen LogP) is 4.92. The number of hydrogen-bond donors (Lipinski definition) is 1. The molecule has 2 aromatic carbocycles. The lowest BCUT2D eigenvalue weighted by Gasteiger charge is -2.07. The number of para-hydroxylation sites is 1. The van der Waals surface area contributed by atoms with Crippen LogP contribution >= 0.6 is 22.9 Å². The summed E-state index contributed by atoms with van der Waals surface area (Å²) in [5.74, 6) is 0.558. The molecular weight excluding hydrogens is 344 g/mol. The highest BCUT2D eigenvalue weighted by molar-refractivity contribution is 7.18. The first kappa shape index (κ1) is 16.7. The van der Waals surface area contributed by atoms with E-state index in [1.165, 1.54) is 4.70 Å². The fourth-order valence-corrected chi connectivity index (χ4v) is 3.66. The largest absolute Gasteiger partial charge is 0.495 e. The molecule has 1 heterocycles. The molecule has 4 nitrogen and oxygen atoms in total. The lowest BCUT2D eigenvalue weighted by atomic mass is 10.2. The van der Waals surface area contributed by atoms with Crippen LogP contribution in [0, 0.1) is 0 Å². The summed E-state index contributed by atoms with van der Waals surface area (Å²) in [7, 11) is 1.56. The van der Waals surface area contributed by atoms with Crippen LogP contribution in [0.3, 0.4) is 0 Å². The van der Waals surface area contributed by atoms with Gasteiger partial charge < -0.3 is 10.1 Å². The molecule has 3 rings (SSSR count). The van der Waals surface area contributed by atoms with Crippen molar-refractivity contribution in [1.82, 2.24) is 4.98 Å². The average Bonchev–Trinajstić information content (AvgIpc) is 2.97. The van der Waals surface area contributed by atoms with Crippen LogP contribution in [0.2, 0.25) is 5.02 Å². The lowest BCUT2D eigenvalue weighted by molar-refractivity contribution is -0.116. The minimum atomic E-state index is -0.0302. The number of aryl methyl sites for hydroxylation is 1. The summed E-state index contributed by atoms with van der Waals surface area (Å²) in [6, 6.07) is 13.3. The highest BCUT2D eigenvalue weighted by Gasteiger charge is 2.07. The second kappa shape index (κ2) is 7.64. The monoisotopic (exact) mass is 360 g/mol. The van der Waals surface area contributed by atoms with Crippen molar-refractivity contribution in [2.45, 2.75) is 19.3 Å². The van der Waals surface area contributed by atoms with Gasteiger partial charge in [0.2, 0.25) is 5.91 Å². The van der Waals surface area contributed by atoms with Crippen molar-refractivity contribution in [3.05, 3.63) is 52.5 Å². The first-order valence-electron chi connectivity index (χ1n) is 7.63. The minimum absolute atomic E-state index is 0.0302. The zero-order valence-corrected chi connectivity index (χ0v) is 14.8. The van der Waals surface area contributed by atoms with Gasteiger partial charge in [-0.25, -0.2) is 4.98 Å². The molecule has 0 aliphatic rings. The third-order valence-electron chi connectivity index (χ3n) is 3.57. The van der Waals surface area contributed by atoms with E-state index in [0.717, 1.165) is 23.4 Å². The molecule has 124 valence electrons. The van der Waals surface area contributed by atoms with E-state index < -0.39 is 0 Å². The Balaban J connectivity index is 1.51. The smallest absolute Gasteiger partial charge is 0.224 e. The second-order valence-corrected chi connectivity index (χ2v) is 6.85. The fraction of sp³-hybridized carbons (Fsp3) is 0.222. The van der Waals surface area contributed by atoms with E-state index >= 15 is 0 Å². The van der Waals surface area contributed by atoms with E-state index in [9.17, 15) is 4.79 Å². The maximum atomic E-state index is 12.0. The van der Waals surface area contributed by atoms with Gasteiger partial charge in [0, 0.05) is 12.1 Å². The molecule has 1 aromatic heterocycles. The number of aromatic nitrogens is 1. The number of fused-ring (bicyclic) bond motifs is 1. The van der Waals surface area contributed by atoms with E-state index in [4.69, 9.17) is 16.3 Å². The second-order valence-electron chi connectivity index (χ2n) is 5.33.